The Morgan fingerprint density at radius 2 is 2.00 bits per heavy atom. The number of hydrogen-bond acceptors (Lipinski definition) is 6. The van der Waals surface area contributed by atoms with E-state index in [1.54, 1.807) is 30.5 Å². The molecule has 0 saturated carbocycles. The molecule has 7 nitrogen and oxygen atoms in total. The van der Waals surface area contributed by atoms with Gasteiger partial charge in [-0.3, -0.25) is 20.5 Å². The second-order valence-electron chi connectivity index (χ2n) is 5.01. The Morgan fingerprint density at radius 1 is 1.20 bits per heavy atom. The lowest BCUT2D eigenvalue weighted by atomic mass is 10.2. The Hall–Kier alpha value is -2.90. The summed E-state index contributed by atoms with van der Waals surface area (Å²) < 4.78 is 0. The number of anilines is 1. The van der Waals surface area contributed by atoms with E-state index in [1.807, 2.05) is 0 Å². The van der Waals surface area contributed by atoms with E-state index < -0.39 is 16.4 Å². The molecule has 25 heavy (non-hydrogen) atoms. The first kappa shape index (κ1) is 16.9. The summed E-state index contributed by atoms with van der Waals surface area (Å²) in [5.74, 6) is -0.508. The molecule has 0 spiro atoms. The van der Waals surface area contributed by atoms with E-state index >= 15 is 0 Å². The molecule has 0 amide bonds. The predicted octanol–water partition coefficient (Wildman–Crippen LogP) is 4.60. The normalized spacial score (nSPS) is 11.1. The molecule has 0 radical (unpaired) electrons. The van der Waals surface area contributed by atoms with Crippen molar-refractivity contribution in [3.8, 4) is 5.75 Å². The molecule has 9 heteroatoms. The van der Waals surface area contributed by atoms with E-state index in [4.69, 9.17) is 23.2 Å². The first-order chi connectivity index (χ1) is 12.0. The predicted molar refractivity (Wildman–Crippen MR) is 97.7 cm³/mol. The second-order valence-corrected chi connectivity index (χ2v) is 5.88. The average molecular weight is 377 g/mol. The third-order valence-electron chi connectivity index (χ3n) is 3.37. The molecule has 0 saturated heterocycles. The molecule has 0 aliphatic rings. The van der Waals surface area contributed by atoms with Gasteiger partial charge in [0.25, 0.3) is 0 Å². The minimum atomic E-state index is -0.716. The van der Waals surface area contributed by atoms with Crippen molar-refractivity contribution >= 4 is 51.7 Å². The fourth-order valence-electron chi connectivity index (χ4n) is 2.23. The highest BCUT2D eigenvalue weighted by Crippen LogP contribution is 2.32. The molecule has 0 aliphatic carbocycles. The summed E-state index contributed by atoms with van der Waals surface area (Å²) >= 11 is 11.8. The Morgan fingerprint density at radius 3 is 2.76 bits per heavy atom. The number of hydrazone groups is 1. The van der Waals surface area contributed by atoms with Crippen LogP contribution in [0.15, 0.2) is 47.7 Å². The summed E-state index contributed by atoms with van der Waals surface area (Å²) in [6.45, 7) is 0. The van der Waals surface area contributed by atoms with Crippen LogP contribution in [0.3, 0.4) is 0 Å². The van der Waals surface area contributed by atoms with Gasteiger partial charge in [-0.2, -0.15) is 5.10 Å². The number of nitro benzene ring substituents is 1. The van der Waals surface area contributed by atoms with E-state index in [9.17, 15) is 15.2 Å². The van der Waals surface area contributed by atoms with Gasteiger partial charge in [0.15, 0.2) is 0 Å². The van der Waals surface area contributed by atoms with E-state index in [1.165, 1.54) is 12.3 Å². The quantitative estimate of drug-likeness (QED) is 0.393. The zero-order chi connectivity index (χ0) is 18.0. The number of hydrogen-bond donors (Lipinski definition) is 2. The van der Waals surface area contributed by atoms with Crippen LogP contribution < -0.4 is 5.43 Å². The van der Waals surface area contributed by atoms with Crippen LogP contribution in [0.25, 0.3) is 10.9 Å². The van der Waals surface area contributed by atoms with Gasteiger partial charge in [-0.05, 0) is 30.3 Å². The van der Waals surface area contributed by atoms with Crippen molar-refractivity contribution in [2.75, 3.05) is 5.43 Å². The number of phenols is 1. The van der Waals surface area contributed by atoms with Crippen LogP contribution >= 0.6 is 23.2 Å². The highest BCUT2D eigenvalue weighted by molar-refractivity contribution is 6.31. The van der Waals surface area contributed by atoms with Gasteiger partial charge < -0.3 is 5.11 Å². The number of aromatic hydroxyl groups is 1. The van der Waals surface area contributed by atoms with Crippen LogP contribution in [0.1, 0.15) is 5.56 Å². The maximum atomic E-state index is 10.9. The van der Waals surface area contributed by atoms with Crippen molar-refractivity contribution in [2.45, 2.75) is 0 Å². The molecule has 2 aromatic carbocycles. The molecule has 0 unspecified atom stereocenters. The van der Waals surface area contributed by atoms with Crippen LogP contribution in [0, 0.1) is 10.1 Å². The minimum absolute atomic E-state index is 0.119. The molecule has 0 bridgehead atoms. The molecule has 3 rings (SSSR count). The molecule has 2 N–H and O–H groups in total. The number of nitrogens with one attached hydrogen (secondary N) is 1. The number of nitro groups is 1. The summed E-state index contributed by atoms with van der Waals surface area (Å²) in [5.41, 5.74) is 3.79. The van der Waals surface area contributed by atoms with Crippen molar-refractivity contribution in [2.24, 2.45) is 5.10 Å². The molecule has 0 fully saturated rings. The summed E-state index contributed by atoms with van der Waals surface area (Å²) in [7, 11) is 0. The van der Waals surface area contributed by atoms with Gasteiger partial charge in [-0.1, -0.05) is 23.2 Å². The Kier molecular flexibility index (Phi) is 4.69. The lowest BCUT2D eigenvalue weighted by Crippen LogP contribution is -1.95. The largest absolute Gasteiger partial charge is 0.502 e. The fourth-order valence-corrected chi connectivity index (χ4v) is 2.62. The number of pyridine rings is 1. The number of nitrogens with zero attached hydrogens (tertiary/aromatic N) is 3. The lowest BCUT2D eigenvalue weighted by Gasteiger charge is -2.06. The van der Waals surface area contributed by atoms with Gasteiger partial charge in [0.05, 0.1) is 22.3 Å². The van der Waals surface area contributed by atoms with Crippen molar-refractivity contribution < 1.29 is 10.0 Å². The van der Waals surface area contributed by atoms with Gasteiger partial charge in [0.2, 0.25) is 5.75 Å². The van der Waals surface area contributed by atoms with Crippen LogP contribution in [-0.2, 0) is 0 Å². The maximum absolute atomic E-state index is 10.9. The highest BCUT2D eigenvalue weighted by Gasteiger charge is 2.17. The van der Waals surface area contributed by atoms with Crippen molar-refractivity contribution in [3.05, 3.63) is 68.3 Å². The van der Waals surface area contributed by atoms with E-state index in [0.717, 1.165) is 11.5 Å². The number of benzene rings is 2. The maximum Gasteiger partial charge on any atom is 0.312 e. The zero-order valence-corrected chi connectivity index (χ0v) is 14.0. The standard InChI is InChI=1S/C16H10Cl2N4O3/c17-10-1-2-12-13(3-4-19-14(12)6-10)21-20-8-9-5-11(18)7-15(16(9)23)22(24)25/h1-8,23H,(H,19,21)/b20-8+. The highest BCUT2D eigenvalue weighted by atomic mass is 35.5. The molecule has 126 valence electrons. The molecule has 3 aromatic rings. The molecule has 0 atom stereocenters. The first-order valence-electron chi connectivity index (χ1n) is 6.96. The molecular weight excluding hydrogens is 367 g/mol. The lowest BCUT2D eigenvalue weighted by molar-refractivity contribution is -0.385. The third-order valence-corrected chi connectivity index (χ3v) is 3.83. The summed E-state index contributed by atoms with van der Waals surface area (Å²) in [5, 5.41) is 26.3. The summed E-state index contributed by atoms with van der Waals surface area (Å²) in [4.78, 5) is 14.4. The number of phenolic OH excluding ortho intramolecular Hbond substituents is 1. The number of halogens is 2. The zero-order valence-electron chi connectivity index (χ0n) is 12.5. The Balaban J connectivity index is 1.91. The van der Waals surface area contributed by atoms with Gasteiger partial charge >= 0.3 is 5.69 Å². The molecule has 1 heterocycles. The summed E-state index contributed by atoms with van der Waals surface area (Å²) in [6.07, 6.45) is 2.84. The summed E-state index contributed by atoms with van der Waals surface area (Å²) in [6, 6.07) is 9.41. The number of fused-ring (bicyclic) bond motifs is 1. The Labute approximate surface area is 151 Å². The third kappa shape index (κ3) is 3.62. The van der Waals surface area contributed by atoms with Gasteiger partial charge in [0, 0.05) is 33.3 Å². The van der Waals surface area contributed by atoms with Crippen LogP contribution in [-0.4, -0.2) is 21.2 Å². The van der Waals surface area contributed by atoms with E-state index in [0.29, 0.717) is 16.2 Å². The van der Waals surface area contributed by atoms with Crippen molar-refractivity contribution in [3.63, 3.8) is 0 Å². The van der Waals surface area contributed by atoms with Crippen LogP contribution in [0.5, 0.6) is 5.75 Å². The Bertz CT molecular complexity index is 1010. The fraction of sp³-hybridized carbons (Fsp3) is 0. The van der Waals surface area contributed by atoms with Crippen molar-refractivity contribution in [1.82, 2.24) is 4.98 Å². The second kappa shape index (κ2) is 6.92. The van der Waals surface area contributed by atoms with Crippen LogP contribution in [0.4, 0.5) is 11.4 Å². The van der Waals surface area contributed by atoms with Gasteiger partial charge in [0.1, 0.15) is 0 Å². The van der Waals surface area contributed by atoms with Crippen LogP contribution in [0.2, 0.25) is 10.0 Å². The monoisotopic (exact) mass is 376 g/mol. The smallest absolute Gasteiger partial charge is 0.312 e. The van der Waals surface area contributed by atoms with E-state index in [2.05, 4.69) is 15.5 Å². The molecule has 0 aliphatic heterocycles. The van der Waals surface area contributed by atoms with E-state index in [-0.39, 0.29) is 10.6 Å². The average Bonchev–Trinajstić information content (AvgIpc) is 2.57. The minimum Gasteiger partial charge on any atom is -0.502 e. The molecular formula is C16H10Cl2N4O3. The molecule has 1 aromatic heterocycles. The first-order valence-corrected chi connectivity index (χ1v) is 7.71. The van der Waals surface area contributed by atoms with Crippen molar-refractivity contribution in [1.29, 1.82) is 0 Å². The number of rotatable bonds is 4. The number of aromatic nitrogens is 1. The van der Waals surface area contributed by atoms with Gasteiger partial charge in [-0.15, -0.1) is 0 Å². The SMILES string of the molecule is O=[N+]([O-])c1cc(Cl)cc(/C=N/Nc2ccnc3cc(Cl)ccc23)c1O. The van der Waals surface area contributed by atoms with Gasteiger partial charge in [-0.25, -0.2) is 0 Å². The topological polar surface area (TPSA) is 101 Å².